The molecule has 0 spiro atoms. The summed E-state index contributed by atoms with van der Waals surface area (Å²) in [4.78, 5) is 20.2. The van der Waals surface area contributed by atoms with Gasteiger partial charge in [0.25, 0.3) is 5.91 Å². The molecule has 3 aliphatic rings. The van der Waals surface area contributed by atoms with Crippen molar-refractivity contribution in [2.45, 2.75) is 50.4 Å². The zero-order valence-corrected chi connectivity index (χ0v) is 13.5. The zero-order valence-electron chi connectivity index (χ0n) is 13.5. The summed E-state index contributed by atoms with van der Waals surface area (Å²) in [6.45, 7) is 1.19. The van der Waals surface area contributed by atoms with Gasteiger partial charge in [-0.2, -0.15) is 0 Å². The lowest BCUT2D eigenvalue weighted by Gasteiger charge is -2.44. The van der Waals surface area contributed by atoms with Crippen LogP contribution in [0.3, 0.4) is 0 Å². The van der Waals surface area contributed by atoms with E-state index < -0.39 is 6.10 Å². The molecule has 1 aromatic carbocycles. The van der Waals surface area contributed by atoms with Gasteiger partial charge in [-0.25, -0.2) is 4.39 Å². The number of rotatable bonds is 2. The Hall–Kier alpha value is -1.95. The van der Waals surface area contributed by atoms with Gasteiger partial charge in [0.1, 0.15) is 5.82 Å². The fourth-order valence-electron chi connectivity index (χ4n) is 3.90. The van der Waals surface area contributed by atoms with Crippen LogP contribution in [0.15, 0.2) is 29.4 Å². The Labute approximate surface area is 140 Å². The summed E-state index contributed by atoms with van der Waals surface area (Å²) < 4.78 is 19.2. The number of amides is 1. The number of fused-ring (bicyclic) bond motifs is 1. The molecule has 1 saturated heterocycles. The molecule has 1 saturated carbocycles. The van der Waals surface area contributed by atoms with Crippen molar-refractivity contribution in [3.05, 3.63) is 35.6 Å². The van der Waals surface area contributed by atoms with Gasteiger partial charge in [0.05, 0.1) is 24.5 Å². The molecule has 4 rings (SSSR count). The average molecular weight is 332 g/mol. The second-order valence-electron chi connectivity index (χ2n) is 6.64. The van der Waals surface area contributed by atoms with Gasteiger partial charge in [-0.05, 0) is 25.0 Å². The largest absolute Gasteiger partial charge is 0.382 e. The van der Waals surface area contributed by atoms with Crippen molar-refractivity contribution in [2.24, 2.45) is 5.16 Å². The third kappa shape index (κ3) is 2.90. The maximum absolute atomic E-state index is 13.4. The molecular weight excluding hydrogens is 311 g/mol. The number of benzene rings is 1. The van der Waals surface area contributed by atoms with Crippen LogP contribution in [0.1, 0.15) is 37.7 Å². The Kier molecular flexibility index (Phi) is 4.22. The maximum Gasteiger partial charge on any atom is 0.267 e. The van der Waals surface area contributed by atoms with Crippen LogP contribution >= 0.6 is 0 Å². The van der Waals surface area contributed by atoms with E-state index in [9.17, 15) is 9.18 Å². The molecule has 0 radical (unpaired) electrons. The van der Waals surface area contributed by atoms with Gasteiger partial charge >= 0.3 is 0 Å². The molecule has 0 bridgehead atoms. The standard InChI is InChI=1S/C18H21FN2O3/c19-13-5-3-4-12(10-13)14-11-17(24-20-14)18(22)21-8-9-23-16-7-2-1-6-15(16)21/h3-5,10,15-17H,1-2,6-9,11H2/t15-,16+,17+/m1/s1. The van der Waals surface area contributed by atoms with Crippen molar-refractivity contribution in [3.8, 4) is 0 Å². The van der Waals surface area contributed by atoms with Crippen molar-refractivity contribution in [2.75, 3.05) is 13.2 Å². The molecule has 1 amide bonds. The first kappa shape index (κ1) is 15.6. The van der Waals surface area contributed by atoms with E-state index in [-0.39, 0.29) is 23.9 Å². The molecule has 6 heteroatoms. The van der Waals surface area contributed by atoms with Crippen molar-refractivity contribution >= 4 is 11.6 Å². The molecule has 24 heavy (non-hydrogen) atoms. The lowest BCUT2D eigenvalue weighted by atomic mass is 9.89. The molecule has 1 aromatic rings. The highest BCUT2D eigenvalue weighted by Crippen LogP contribution is 2.30. The summed E-state index contributed by atoms with van der Waals surface area (Å²) in [7, 11) is 0. The van der Waals surface area contributed by atoms with E-state index in [0.717, 1.165) is 25.7 Å². The van der Waals surface area contributed by atoms with Crippen molar-refractivity contribution in [3.63, 3.8) is 0 Å². The van der Waals surface area contributed by atoms with Gasteiger partial charge in [0.2, 0.25) is 6.10 Å². The van der Waals surface area contributed by atoms with E-state index in [1.165, 1.54) is 12.1 Å². The summed E-state index contributed by atoms with van der Waals surface area (Å²) in [6.07, 6.45) is 4.23. The predicted molar refractivity (Wildman–Crippen MR) is 86.1 cm³/mol. The van der Waals surface area contributed by atoms with Crippen LogP contribution in [0.2, 0.25) is 0 Å². The monoisotopic (exact) mass is 332 g/mol. The minimum Gasteiger partial charge on any atom is -0.382 e. The SMILES string of the molecule is O=C([C@@H]1CC(c2cccc(F)c2)=NO1)N1CCO[C@H]2CCCC[C@H]21. The second-order valence-corrected chi connectivity index (χ2v) is 6.64. The molecule has 2 heterocycles. The van der Waals surface area contributed by atoms with E-state index in [1.807, 2.05) is 4.90 Å². The number of hydrogen-bond acceptors (Lipinski definition) is 4. The number of hydrogen-bond donors (Lipinski definition) is 0. The Morgan fingerprint density at radius 2 is 2.17 bits per heavy atom. The molecule has 1 aliphatic carbocycles. The van der Waals surface area contributed by atoms with Crippen LogP contribution in [-0.4, -0.2) is 47.9 Å². The summed E-state index contributed by atoms with van der Waals surface area (Å²) in [5, 5.41) is 4.02. The first-order valence-electron chi connectivity index (χ1n) is 8.63. The molecule has 2 fully saturated rings. The topological polar surface area (TPSA) is 51.1 Å². The third-order valence-corrected chi connectivity index (χ3v) is 5.12. The molecule has 0 N–H and O–H groups in total. The number of carbonyl (C=O) groups is 1. The number of ether oxygens (including phenoxy) is 1. The normalized spacial score (nSPS) is 29.6. The van der Waals surface area contributed by atoms with Crippen molar-refractivity contribution in [1.82, 2.24) is 4.90 Å². The van der Waals surface area contributed by atoms with Crippen LogP contribution in [0.4, 0.5) is 4.39 Å². The Morgan fingerprint density at radius 1 is 1.29 bits per heavy atom. The first-order chi connectivity index (χ1) is 11.7. The molecule has 3 atom stereocenters. The number of carbonyl (C=O) groups excluding carboxylic acids is 1. The van der Waals surface area contributed by atoms with Gasteiger partial charge in [-0.3, -0.25) is 4.79 Å². The van der Waals surface area contributed by atoms with Crippen LogP contribution in [0, 0.1) is 5.82 Å². The van der Waals surface area contributed by atoms with Crippen LogP contribution in [0.25, 0.3) is 0 Å². The Balaban J connectivity index is 1.44. The van der Waals surface area contributed by atoms with E-state index in [2.05, 4.69) is 5.16 Å². The van der Waals surface area contributed by atoms with E-state index in [0.29, 0.717) is 30.8 Å². The summed E-state index contributed by atoms with van der Waals surface area (Å²) in [5.41, 5.74) is 1.30. The fraction of sp³-hybridized carbons (Fsp3) is 0.556. The summed E-state index contributed by atoms with van der Waals surface area (Å²) in [6, 6.07) is 6.38. The average Bonchev–Trinajstić information content (AvgIpc) is 3.11. The first-order valence-corrected chi connectivity index (χ1v) is 8.63. The minimum absolute atomic E-state index is 0.0228. The predicted octanol–water partition coefficient (Wildman–Crippen LogP) is 2.49. The molecule has 128 valence electrons. The number of nitrogens with zero attached hydrogens (tertiary/aromatic N) is 2. The number of halogens is 1. The van der Waals surface area contributed by atoms with E-state index in [4.69, 9.17) is 9.57 Å². The second kappa shape index (κ2) is 6.51. The van der Waals surface area contributed by atoms with E-state index >= 15 is 0 Å². The van der Waals surface area contributed by atoms with Crippen LogP contribution < -0.4 is 0 Å². The van der Waals surface area contributed by atoms with E-state index in [1.54, 1.807) is 12.1 Å². The summed E-state index contributed by atoms with van der Waals surface area (Å²) >= 11 is 0. The Bertz CT molecular complexity index is 661. The minimum atomic E-state index is -0.607. The van der Waals surface area contributed by atoms with Gasteiger partial charge in [-0.15, -0.1) is 0 Å². The van der Waals surface area contributed by atoms with Crippen molar-refractivity contribution < 1.29 is 18.8 Å². The lowest BCUT2D eigenvalue weighted by Crippen LogP contribution is -2.57. The zero-order chi connectivity index (χ0) is 16.5. The molecule has 0 aromatic heterocycles. The maximum atomic E-state index is 13.4. The van der Waals surface area contributed by atoms with Gasteiger partial charge in [0, 0.05) is 18.5 Å². The van der Waals surface area contributed by atoms with Gasteiger partial charge in [0.15, 0.2) is 0 Å². The smallest absolute Gasteiger partial charge is 0.267 e. The van der Waals surface area contributed by atoms with Crippen molar-refractivity contribution in [1.29, 1.82) is 0 Å². The highest BCUT2D eigenvalue weighted by molar-refractivity contribution is 6.04. The quantitative estimate of drug-likeness (QED) is 0.836. The van der Waals surface area contributed by atoms with Crippen LogP contribution in [-0.2, 0) is 14.4 Å². The molecule has 2 aliphatic heterocycles. The third-order valence-electron chi connectivity index (χ3n) is 5.12. The molecule has 0 unspecified atom stereocenters. The highest BCUT2D eigenvalue weighted by Gasteiger charge is 2.41. The summed E-state index contributed by atoms with van der Waals surface area (Å²) in [5.74, 6) is -0.339. The lowest BCUT2D eigenvalue weighted by molar-refractivity contribution is -0.159. The van der Waals surface area contributed by atoms with Gasteiger partial charge in [-0.1, -0.05) is 30.1 Å². The number of oxime groups is 1. The number of morpholine rings is 1. The van der Waals surface area contributed by atoms with Gasteiger partial charge < -0.3 is 14.5 Å². The fourth-order valence-corrected chi connectivity index (χ4v) is 3.90. The highest BCUT2D eigenvalue weighted by atomic mass is 19.1. The molecular formula is C18H21FN2O3. The Morgan fingerprint density at radius 3 is 3.04 bits per heavy atom. The van der Waals surface area contributed by atoms with Crippen LogP contribution in [0.5, 0.6) is 0 Å². The molecule has 5 nitrogen and oxygen atoms in total.